The molecule has 0 aliphatic carbocycles. The molecule has 0 N–H and O–H groups in total. The molecule has 3 aromatic carbocycles. The van der Waals surface area contributed by atoms with E-state index in [-0.39, 0.29) is 5.43 Å². The average Bonchev–Trinajstić information content (AvgIpc) is 2.49. The molecule has 1 heteroatoms. The highest BCUT2D eigenvalue weighted by atomic mass is 16.1. The summed E-state index contributed by atoms with van der Waals surface area (Å²) < 4.78 is 0. The van der Waals surface area contributed by atoms with Gasteiger partial charge >= 0.3 is 0 Å². The predicted molar refractivity (Wildman–Crippen MR) is 72.5 cm³/mol. The van der Waals surface area contributed by atoms with Crippen LogP contribution in [0.4, 0.5) is 0 Å². The van der Waals surface area contributed by atoms with Crippen molar-refractivity contribution in [1.29, 1.82) is 0 Å². The van der Waals surface area contributed by atoms with Crippen LogP contribution in [0.2, 0.25) is 0 Å². The molecule has 0 aliphatic heterocycles. The molecule has 0 aliphatic rings. The molecule has 82 valence electrons. The Kier molecular flexibility index (Phi) is 2.19. The standard InChI is InChI=1S/C16H12O/c1-11-6-7-12-8-9-16(17)14-5-3-2-4-13(14)15(12)10-11/h2-10H,1H3. The van der Waals surface area contributed by atoms with Crippen molar-refractivity contribution in [2.45, 2.75) is 6.92 Å². The first-order valence-corrected chi connectivity index (χ1v) is 5.68. The average molecular weight is 220 g/mol. The van der Waals surface area contributed by atoms with Gasteiger partial charge in [0.2, 0.25) is 0 Å². The Balaban J connectivity index is 2.70. The van der Waals surface area contributed by atoms with Crippen LogP contribution in [-0.4, -0.2) is 0 Å². The lowest BCUT2D eigenvalue weighted by molar-refractivity contribution is 1.51. The van der Waals surface area contributed by atoms with Crippen LogP contribution in [-0.2, 0) is 0 Å². The van der Waals surface area contributed by atoms with Crippen LogP contribution in [0.15, 0.2) is 59.4 Å². The quantitative estimate of drug-likeness (QED) is 0.565. The Morgan fingerprint density at radius 3 is 2.29 bits per heavy atom. The van der Waals surface area contributed by atoms with Gasteiger partial charge in [0.25, 0.3) is 0 Å². The Labute approximate surface area is 99.3 Å². The first-order valence-electron chi connectivity index (χ1n) is 5.68. The Bertz CT molecular complexity index is 772. The fourth-order valence-corrected chi connectivity index (χ4v) is 2.24. The molecule has 0 atom stereocenters. The van der Waals surface area contributed by atoms with E-state index >= 15 is 0 Å². The molecule has 3 aromatic rings. The molecule has 0 fully saturated rings. The Hall–Kier alpha value is -2.15. The number of rotatable bonds is 0. The molecule has 17 heavy (non-hydrogen) atoms. The van der Waals surface area contributed by atoms with Crippen molar-refractivity contribution in [2.75, 3.05) is 0 Å². The van der Waals surface area contributed by atoms with Crippen LogP contribution in [0.3, 0.4) is 0 Å². The predicted octanol–water partition coefficient (Wildman–Crippen LogP) is 3.66. The van der Waals surface area contributed by atoms with Gasteiger partial charge in [-0.2, -0.15) is 0 Å². The fourth-order valence-electron chi connectivity index (χ4n) is 2.24. The maximum atomic E-state index is 12.0. The highest BCUT2D eigenvalue weighted by Crippen LogP contribution is 2.22. The van der Waals surface area contributed by atoms with Gasteiger partial charge in [-0.1, -0.05) is 54.1 Å². The van der Waals surface area contributed by atoms with Gasteiger partial charge in [0.15, 0.2) is 5.43 Å². The van der Waals surface area contributed by atoms with Gasteiger partial charge in [0.1, 0.15) is 0 Å². The van der Waals surface area contributed by atoms with E-state index in [4.69, 9.17) is 0 Å². The molecule has 0 spiro atoms. The molecular weight excluding hydrogens is 208 g/mol. The van der Waals surface area contributed by atoms with E-state index < -0.39 is 0 Å². The molecule has 0 heterocycles. The van der Waals surface area contributed by atoms with Crippen LogP contribution in [0.25, 0.3) is 21.5 Å². The van der Waals surface area contributed by atoms with E-state index in [1.165, 1.54) is 5.56 Å². The topological polar surface area (TPSA) is 17.1 Å². The number of aryl methyl sites for hydroxylation is 1. The maximum absolute atomic E-state index is 12.0. The fraction of sp³-hybridized carbons (Fsp3) is 0.0625. The second-order valence-electron chi connectivity index (χ2n) is 4.33. The van der Waals surface area contributed by atoms with Gasteiger partial charge in [-0.25, -0.2) is 0 Å². The SMILES string of the molecule is Cc1ccc2ccc(=O)c3ccccc3c2c1. The van der Waals surface area contributed by atoms with Gasteiger partial charge in [0.05, 0.1) is 0 Å². The molecular formula is C16H12O. The zero-order valence-electron chi connectivity index (χ0n) is 9.60. The molecule has 0 saturated carbocycles. The van der Waals surface area contributed by atoms with Crippen LogP contribution in [0.5, 0.6) is 0 Å². The van der Waals surface area contributed by atoms with Gasteiger partial charge in [-0.3, -0.25) is 4.79 Å². The number of benzene rings is 2. The molecule has 0 bridgehead atoms. The van der Waals surface area contributed by atoms with Crippen molar-refractivity contribution in [2.24, 2.45) is 0 Å². The summed E-state index contributed by atoms with van der Waals surface area (Å²) in [5.74, 6) is 0. The Morgan fingerprint density at radius 1 is 0.765 bits per heavy atom. The minimum Gasteiger partial charge on any atom is -0.289 e. The molecule has 0 aromatic heterocycles. The van der Waals surface area contributed by atoms with Crippen LogP contribution < -0.4 is 5.43 Å². The van der Waals surface area contributed by atoms with Gasteiger partial charge < -0.3 is 0 Å². The summed E-state index contributed by atoms with van der Waals surface area (Å²) in [6.45, 7) is 2.07. The number of hydrogen-bond acceptors (Lipinski definition) is 1. The van der Waals surface area contributed by atoms with E-state index in [1.54, 1.807) is 6.07 Å². The van der Waals surface area contributed by atoms with Crippen LogP contribution in [0.1, 0.15) is 5.56 Å². The maximum Gasteiger partial charge on any atom is 0.186 e. The van der Waals surface area contributed by atoms with Gasteiger partial charge in [-0.05, 0) is 29.1 Å². The minimum atomic E-state index is 0.0782. The van der Waals surface area contributed by atoms with E-state index in [1.807, 2.05) is 30.3 Å². The number of fused-ring (bicyclic) bond motifs is 3. The van der Waals surface area contributed by atoms with Gasteiger partial charge in [-0.15, -0.1) is 0 Å². The van der Waals surface area contributed by atoms with Crippen molar-refractivity contribution in [3.8, 4) is 0 Å². The number of hydrogen-bond donors (Lipinski definition) is 0. The van der Waals surface area contributed by atoms with Gasteiger partial charge in [0, 0.05) is 5.39 Å². The summed E-state index contributed by atoms with van der Waals surface area (Å²) in [5, 5.41) is 4.06. The third-order valence-electron chi connectivity index (χ3n) is 3.11. The van der Waals surface area contributed by atoms with Crippen molar-refractivity contribution in [3.63, 3.8) is 0 Å². The highest BCUT2D eigenvalue weighted by molar-refractivity contribution is 6.05. The zero-order valence-corrected chi connectivity index (χ0v) is 9.60. The lowest BCUT2D eigenvalue weighted by atomic mass is 10.1. The highest BCUT2D eigenvalue weighted by Gasteiger charge is 2.01. The summed E-state index contributed by atoms with van der Waals surface area (Å²) in [6.07, 6.45) is 0. The minimum absolute atomic E-state index is 0.0782. The van der Waals surface area contributed by atoms with E-state index in [0.29, 0.717) is 0 Å². The summed E-state index contributed by atoms with van der Waals surface area (Å²) in [7, 11) is 0. The Morgan fingerprint density at radius 2 is 1.47 bits per heavy atom. The summed E-state index contributed by atoms with van der Waals surface area (Å²) in [6, 6.07) is 17.6. The molecule has 0 amide bonds. The normalized spacial score (nSPS) is 10.9. The summed E-state index contributed by atoms with van der Waals surface area (Å²) in [5.41, 5.74) is 1.29. The summed E-state index contributed by atoms with van der Waals surface area (Å²) >= 11 is 0. The molecule has 3 rings (SSSR count). The first-order chi connectivity index (χ1) is 8.25. The van der Waals surface area contributed by atoms with E-state index in [2.05, 4.69) is 25.1 Å². The molecule has 0 radical (unpaired) electrons. The molecule has 0 unspecified atom stereocenters. The molecule has 0 saturated heterocycles. The lowest BCUT2D eigenvalue weighted by Gasteiger charge is -1.98. The van der Waals surface area contributed by atoms with Crippen molar-refractivity contribution >= 4 is 21.5 Å². The largest absolute Gasteiger partial charge is 0.289 e. The first kappa shape index (κ1) is 10.0. The van der Waals surface area contributed by atoms with E-state index in [0.717, 1.165) is 21.5 Å². The lowest BCUT2D eigenvalue weighted by Crippen LogP contribution is -1.93. The van der Waals surface area contributed by atoms with Crippen LogP contribution >= 0.6 is 0 Å². The second-order valence-corrected chi connectivity index (χ2v) is 4.33. The van der Waals surface area contributed by atoms with E-state index in [9.17, 15) is 4.79 Å². The zero-order chi connectivity index (χ0) is 11.8. The third-order valence-corrected chi connectivity index (χ3v) is 3.11. The monoisotopic (exact) mass is 220 g/mol. The second kappa shape index (κ2) is 3.70. The van der Waals surface area contributed by atoms with Crippen molar-refractivity contribution in [3.05, 3.63) is 70.4 Å². The van der Waals surface area contributed by atoms with Crippen LogP contribution in [0, 0.1) is 6.92 Å². The van der Waals surface area contributed by atoms with Crippen molar-refractivity contribution in [1.82, 2.24) is 0 Å². The summed E-state index contributed by atoms with van der Waals surface area (Å²) in [4.78, 5) is 12.0. The third kappa shape index (κ3) is 1.60. The van der Waals surface area contributed by atoms with Crippen molar-refractivity contribution < 1.29 is 0 Å². The smallest absolute Gasteiger partial charge is 0.186 e. The molecule has 1 nitrogen and oxygen atoms in total.